The van der Waals surface area contributed by atoms with Crippen LogP contribution in [0.2, 0.25) is 10.0 Å². The predicted octanol–water partition coefficient (Wildman–Crippen LogP) is 3.47. The number of nitrogens with two attached hydrogens (primary N) is 2. The number of pyridine rings is 1. The van der Waals surface area contributed by atoms with Gasteiger partial charge >= 0.3 is 0 Å². The third kappa shape index (κ3) is 3.81. The van der Waals surface area contributed by atoms with Crippen LogP contribution < -0.4 is 10.9 Å². The van der Waals surface area contributed by atoms with Crippen molar-refractivity contribution in [2.24, 2.45) is 10.9 Å². The largest absolute Gasteiger partial charge is 0.366 e. The number of carbonyl (C=O) groups is 1. The second kappa shape index (κ2) is 7.28. The molecule has 6 nitrogen and oxygen atoms in total. The highest BCUT2D eigenvalue weighted by Crippen LogP contribution is 2.39. The zero-order valence-corrected chi connectivity index (χ0v) is 16.0. The van der Waals surface area contributed by atoms with E-state index >= 15 is 0 Å². The second-order valence-electron chi connectivity index (χ2n) is 5.62. The number of benzene rings is 2. The van der Waals surface area contributed by atoms with Crippen molar-refractivity contribution in [3.05, 3.63) is 70.3 Å². The van der Waals surface area contributed by atoms with E-state index in [1.54, 1.807) is 42.6 Å². The summed E-state index contributed by atoms with van der Waals surface area (Å²) in [6.45, 7) is 0. The first-order valence-corrected chi connectivity index (χ1v) is 9.87. The van der Waals surface area contributed by atoms with Crippen LogP contribution in [0.4, 0.5) is 0 Å². The summed E-state index contributed by atoms with van der Waals surface area (Å²) in [6.07, 6.45) is 1.61. The molecular weight excluding hydrogens is 409 g/mol. The van der Waals surface area contributed by atoms with Crippen LogP contribution in [0.3, 0.4) is 0 Å². The van der Waals surface area contributed by atoms with Crippen molar-refractivity contribution in [2.45, 2.75) is 4.90 Å². The molecule has 3 aromatic rings. The van der Waals surface area contributed by atoms with Gasteiger partial charge in [-0.05, 0) is 42.0 Å². The number of carbonyl (C=O) groups excluding carboxylic acids is 1. The summed E-state index contributed by atoms with van der Waals surface area (Å²) in [5.41, 5.74) is 6.94. The van der Waals surface area contributed by atoms with Gasteiger partial charge in [-0.3, -0.25) is 9.78 Å². The van der Waals surface area contributed by atoms with Gasteiger partial charge in [-0.1, -0.05) is 35.3 Å². The van der Waals surface area contributed by atoms with Gasteiger partial charge < -0.3 is 5.73 Å². The van der Waals surface area contributed by atoms with Crippen molar-refractivity contribution in [1.29, 1.82) is 0 Å². The number of rotatable bonds is 4. The molecular formula is C18H13Cl2N3O3S. The number of primary amides is 1. The molecule has 1 aromatic heterocycles. The highest BCUT2D eigenvalue weighted by molar-refractivity contribution is 7.89. The maximum absolute atomic E-state index is 12.0. The van der Waals surface area contributed by atoms with Gasteiger partial charge in [-0.25, -0.2) is 13.6 Å². The third-order valence-corrected chi connectivity index (χ3v) is 5.55. The molecule has 0 fully saturated rings. The van der Waals surface area contributed by atoms with E-state index in [0.29, 0.717) is 21.8 Å². The zero-order valence-electron chi connectivity index (χ0n) is 13.7. The van der Waals surface area contributed by atoms with Crippen LogP contribution in [0, 0.1) is 0 Å². The molecule has 1 heterocycles. The highest BCUT2D eigenvalue weighted by Gasteiger charge is 2.23. The van der Waals surface area contributed by atoms with Crippen LogP contribution in [0.1, 0.15) is 10.4 Å². The van der Waals surface area contributed by atoms with E-state index < -0.39 is 15.9 Å². The number of nitrogens with zero attached hydrogens (tertiary/aromatic N) is 1. The summed E-state index contributed by atoms with van der Waals surface area (Å²) in [6, 6.07) is 12.5. The molecule has 0 aliphatic rings. The van der Waals surface area contributed by atoms with Gasteiger partial charge in [-0.2, -0.15) is 0 Å². The molecule has 0 bridgehead atoms. The summed E-state index contributed by atoms with van der Waals surface area (Å²) in [5.74, 6) is -0.791. The number of sulfonamides is 1. The summed E-state index contributed by atoms with van der Waals surface area (Å²) in [5, 5.41) is 5.63. The quantitative estimate of drug-likeness (QED) is 0.670. The maximum Gasteiger partial charge on any atom is 0.250 e. The molecule has 0 spiro atoms. The molecule has 138 valence electrons. The zero-order chi connectivity index (χ0) is 19.8. The Kier molecular flexibility index (Phi) is 5.21. The number of halogens is 2. The van der Waals surface area contributed by atoms with Crippen LogP contribution in [0.15, 0.2) is 59.6 Å². The van der Waals surface area contributed by atoms with Crippen molar-refractivity contribution >= 4 is 39.1 Å². The van der Waals surface area contributed by atoms with Gasteiger partial charge in [0.25, 0.3) is 0 Å². The number of aromatic nitrogens is 1. The van der Waals surface area contributed by atoms with Gasteiger partial charge in [0.2, 0.25) is 15.9 Å². The standard InChI is InChI=1S/C18H13Cl2N3O3S/c19-13-6-4-10(9-12(13)14-3-1-2-8-23-14)16-15(27(22,25)26)7-5-11(17(16)20)18(21)24/h1-9H,(H2,21,24)(H2,22,25,26). The molecule has 0 saturated heterocycles. The lowest BCUT2D eigenvalue weighted by Crippen LogP contribution is -2.16. The van der Waals surface area contributed by atoms with E-state index in [9.17, 15) is 13.2 Å². The molecule has 0 aliphatic heterocycles. The lowest BCUT2D eigenvalue weighted by atomic mass is 9.99. The van der Waals surface area contributed by atoms with E-state index in [0.717, 1.165) is 0 Å². The van der Waals surface area contributed by atoms with Crippen LogP contribution in [0.25, 0.3) is 22.4 Å². The van der Waals surface area contributed by atoms with Crippen molar-refractivity contribution in [2.75, 3.05) is 0 Å². The van der Waals surface area contributed by atoms with E-state index in [1.165, 1.54) is 12.1 Å². The lowest BCUT2D eigenvalue weighted by Gasteiger charge is -2.14. The van der Waals surface area contributed by atoms with Crippen LogP contribution in [-0.4, -0.2) is 19.3 Å². The van der Waals surface area contributed by atoms with Gasteiger partial charge in [0.15, 0.2) is 0 Å². The van der Waals surface area contributed by atoms with E-state index in [2.05, 4.69) is 4.98 Å². The molecule has 1 amide bonds. The summed E-state index contributed by atoms with van der Waals surface area (Å²) < 4.78 is 24.1. The lowest BCUT2D eigenvalue weighted by molar-refractivity contribution is 0.100. The Bertz CT molecular complexity index is 1150. The number of primary sulfonamides is 1. The Labute approximate surface area is 165 Å². The Morgan fingerprint density at radius 1 is 1.04 bits per heavy atom. The summed E-state index contributed by atoms with van der Waals surface area (Å²) >= 11 is 12.6. The van der Waals surface area contributed by atoms with Crippen LogP contribution >= 0.6 is 23.2 Å². The Morgan fingerprint density at radius 2 is 1.78 bits per heavy atom. The third-order valence-electron chi connectivity index (χ3n) is 3.87. The summed E-state index contributed by atoms with van der Waals surface area (Å²) in [7, 11) is -4.12. The van der Waals surface area contributed by atoms with Gasteiger partial charge in [0.1, 0.15) is 0 Å². The van der Waals surface area contributed by atoms with Gasteiger partial charge in [-0.15, -0.1) is 0 Å². The second-order valence-corrected chi connectivity index (χ2v) is 7.93. The number of amides is 1. The highest BCUT2D eigenvalue weighted by atomic mass is 35.5. The molecule has 0 unspecified atom stereocenters. The molecule has 27 heavy (non-hydrogen) atoms. The monoisotopic (exact) mass is 421 g/mol. The molecule has 0 radical (unpaired) electrons. The normalized spacial score (nSPS) is 11.4. The van der Waals surface area contributed by atoms with Gasteiger partial charge in [0.05, 0.1) is 21.2 Å². The fourth-order valence-electron chi connectivity index (χ4n) is 2.65. The van der Waals surface area contributed by atoms with E-state index in [-0.39, 0.29) is 21.0 Å². The van der Waals surface area contributed by atoms with Crippen molar-refractivity contribution in [3.63, 3.8) is 0 Å². The first-order chi connectivity index (χ1) is 12.7. The smallest absolute Gasteiger partial charge is 0.250 e. The Hall–Kier alpha value is -2.45. The molecule has 0 saturated carbocycles. The fraction of sp³-hybridized carbons (Fsp3) is 0. The van der Waals surface area contributed by atoms with E-state index in [4.69, 9.17) is 34.1 Å². The number of hydrogen-bond donors (Lipinski definition) is 2. The van der Waals surface area contributed by atoms with E-state index in [1.807, 2.05) is 0 Å². The molecule has 4 N–H and O–H groups in total. The van der Waals surface area contributed by atoms with Crippen molar-refractivity contribution < 1.29 is 13.2 Å². The van der Waals surface area contributed by atoms with Gasteiger partial charge in [0, 0.05) is 22.3 Å². The minimum Gasteiger partial charge on any atom is -0.366 e. The molecule has 0 aliphatic carbocycles. The minimum absolute atomic E-state index is 0.0200. The van der Waals surface area contributed by atoms with Crippen molar-refractivity contribution in [3.8, 4) is 22.4 Å². The topological polar surface area (TPSA) is 116 Å². The molecule has 9 heteroatoms. The van der Waals surface area contributed by atoms with Crippen molar-refractivity contribution in [1.82, 2.24) is 4.98 Å². The average Bonchev–Trinajstić information content (AvgIpc) is 2.61. The Balaban J connectivity index is 2.34. The average molecular weight is 422 g/mol. The molecule has 3 rings (SSSR count). The first-order valence-electron chi connectivity index (χ1n) is 7.56. The van der Waals surface area contributed by atoms with Crippen LogP contribution in [0.5, 0.6) is 0 Å². The maximum atomic E-state index is 12.0. The predicted molar refractivity (Wildman–Crippen MR) is 105 cm³/mol. The first kappa shape index (κ1) is 19.3. The van der Waals surface area contributed by atoms with Crippen LogP contribution in [-0.2, 0) is 10.0 Å². The number of hydrogen-bond acceptors (Lipinski definition) is 4. The fourth-order valence-corrected chi connectivity index (χ4v) is 4.05. The molecule has 2 aromatic carbocycles. The summed E-state index contributed by atoms with van der Waals surface area (Å²) in [4.78, 5) is 15.7. The molecule has 0 atom stereocenters. The minimum atomic E-state index is -4.12. The Morgan fingerprint density at radius 3 is 2.37 bits per heavy atom. The SMILES string of the molecule is NC(=O)c1ccc(S(N)(=O)=O)c(-c2ccc(Cl)c(-c3ccccn3)c2)c1Cl.